The van der Waals surface area contributed by atoms with Crippen LogP contribution in [0.4, 0.5) is 14.5 Å². The topological polar surface area (TPSA) is 103 Å². The highest BCUT2D eigenvalue weighted by Crippen LogP contribution is 2.25. The molecule has 0 atom stereocenters. The van der Waals surface area contributed by atoms with Gasteiger partial charge in [-0.25, -0.2) is 13.8 Å². The fraction of sp³-hybridized carbons (Fsp3) is 0.105. The van der Waals surface area contributed by atoms with E-state index in [1.807, 2.05) is 0 Å². The first kappa shape index (κ1) is 18.4. The van der Waals surface area contributed by atoms with E-state index in [0.29, 0.717) is 29.3 Å². The van der Waals surface area contributed by atoms with Gasteiger partial charge in [-0.15, -0.1) is 0 Å². The summed E-state index contributed by atoms with van der Waals surface area (Å²) in [4.78, 5) is 4.28. The number of halogens is 2. The second-order valence-corrected chi connectivity index (χ2v) is 5.86. The van der Waals surface area contributed by atoms with Crippen LogP contribution in [-0.4, -0.2) is 27.9 Å². The van der Waals surface area contributed by atoms with Gasteiger partial charge >= 0.3 is 0 Å². The lowest BCUT2D eigenvalue weighted by Crippen LogP contribution is -2.06. The van der Waals surface area contributed by atoms with Crippen LogP contribution in [0.5, 0.6) is 0 Å². The quantitative estimate of drug-likeness (QED) is 0.396. The van der Waals surface area contributed by atoms with E-state index in [4.69, 9.17) is 11.1 Å². The second kappa shape index (κ2) is 7.88. The molecule has 27 heavy (non-hydrogen) atoms. The van der Waals surface area contributed by atoms with Crippen LogP contribution in [0.25, 0.3) is 17.5 Å². The van der Waals surface area contributed by atoms with E-state index in [1.165, 1.54) is 24.3 Å². The van der Waals surface area contributed by atoms with Crippen molar-refractivity contribution in [1.29, 1.82) is 5.41 Å². The first-order valence-corrected chi connectivity index (χ1v) is 8.15. The minimum absolute atomic E-state index is 0.0107. The van der Waals surface area contributed by atoms with Crippen molar-refractivity contribution in [2.24, 2.45) is 0 Å². The number of nitrogens with zero attached hydrogens (tertiary/aromatic N) is 2. The van der Waals surface area contributed by atoms with Gasteiger partial charge in [0.2, 0.25) is 0 Å². The summed E-state index contributed by atoms with van der Waals surface area (Å²) in [5, 5.41) is 18.0. The largest absolute Gasteiger partial charge is 0.396 e. The van der Waals surface area contributed by atoms with Crippen LogP contribution < -0.4 is 11.1 Å². The highest BCUT2D eigenvalue weighted by molar-refractivity contribution is 6.12. The second-order valence-electron chi connectivity index (χ2n) is 5.86. The number of anilines is 1. The molecule has 5 N–H and O–H groups in total. The van der Waals surface area contributed by atoms with Crippen molar-refractivity contribution in [3.63, 3.8) is 0 Å². The number of allylic oxidation sites excluding steroid dienone is 1. The zero-order chi connectivity index (χ0) is 19.4. The van der Waals surface area contributed by atoms with E-state index in [1.54, 1.807) is 31.3 Å². The van der Waals surface area contributed by atoms with Crippen LogP contribution in [0.15, 0.2) is 42.5 Å². The van der Waals surface area contributed by atoms with Gasteiger partial charge in [0.15, 0.2) is 5.82 Å². The van der Waals surface area contributed by atoms with Gasteiger partial charge in [0.1, 0.15) is 17.5 Å². The third-order valence-corrected chi connectivity index (χ3v) is 3.84. The van der Waals surface area contributed by atoms with Crippen LogP contribution in [0, 0.1) is 17.0 Å². The van der Waals surface area contributed by atoms with E-state index in [2.05, 4.69) is 20.5 Å². The average molecular weight is 368 g/mol. The molecular weight excluding hydrogens is 350 g/mol. The lowest BCUT2D eigenvalue weighted by molar-refractivity contribution is 0.627. The van der Waals surface area contributed by atoms with E-state index in [-0.39, 0.29) is 22.8 Å². The van der Waals surface area contributed by atoms with Crippen molar-refractivity contribution in [1.82, 2.24) is 20.5 Å². The summed E-state index contributed by atoms with van der Waals surface area (Å²) in [6, 6.07) is 8.72. The fourth-order valence-corrected chi connectivity index (χ4v) is 2.52. The maximum atomic E-state index is 14.3. The van der Waals surface area contributed by atoms with Gasteiger partial charge in [-0.3, -0.25) is 5.10 Å². The Hall–Kier alpha value is -3.39. The number of benzene rings is 2. The fourth-order valence-electron chi connectivity index (χ4n) is 2.52. The standard InChI is InChI=1S/C19H18F2N6/c1-24-10-17-25-19(27-26-17)12-8-14(18(23)15(21)9-12)16(22)6-5-11-3-2-4-13(20)7-11/h2-9,22,24H,10,23H2,1H3,(H,25,26,27)/b6-5+,22-16?. The molecule has 0 aliphatic heterocycles. The summed E-state index contributed by atoms with van der Waals surface area (Å²) in [6.07, 6.45) is 3.00. The third-order valence-electron chi connectivity index (χ3n) is 3.84. The Morgan fingerprint density at radius 3 is 2.85 bits per heavy atom. The first-order valence-electron chi connectivity index (χ1n) is 8.15. The molecule has 1 heterocycles. The van der Waals surface area contributed by atoms with Crippen molar-refractivity contribution in [3.05, 3.63) is 71.1 Å². The monoisotopic (exact) mass is 368 g/mol. The Bertz CT molecular complexity index is 1010. The molecule has 0 fully saturated rings. The molecular formula is C19H18F2N6. The van der Waals surface area contributed by atoms with Gasteiger partial charge in [-0.1, -0.05) is 18.2 Å². The summed E-state index contributed by atoms with van der Waals surface area (Å²) in [5.74, 6) is -0.126. The Morgan fingerprint density at radius 1 is 1.30 bits per heavy atom. The highest BCUT2D eigenvalue weighted by Gasteiger charge is 2.14. The number of hydrogen-bond acceptors (Lipinski definition) is 5. The van der Waals surface area contributed by atoms with Crippen molar-refractivity contribution in [2.75, 3.05) is 12.8 Å². The molecule has 138 valence electrons. The lowest BCUT2D eigenvalue weighted by atomic mass is 10.0. The SMILES string of the molecule is CNCc1nc(-c2cc(F)c(N)c(C(=N)/C=C/c3cccc(F)c3)c2)n[nH]1. The van der Waals surface area contributed by atoms with Gasteiger partial charge in [0, 0.05) is 11.1 Å². The number of hydrogen-bond donors (Lipinski definition) is 4. The van der Waals surface area contributed by atoms with E-state index >= 15 is 0 Å². The first-order chi connectivity index (χ1) is 13.0. The molecule has 2 aromatic carbocycles. The van der Waals surface area contributed by atoms with Crippen molar-refractivity contribution in [2.45, 2.75) is 6.54 Å². The number of aromatic nitrogens is 3. The van der Waals surface area contributed by atoms with E-state index in [9.17, 15) is 8.78 Å². The molecule has 0 saturated carbocycles. The third kappa shape index (κ3) is 4.24. The van der Waals surface area contributed by atoms with Gasteiger partial charge < -0.3 is 16.5 Å². The Labute approximate surface area is 154 Å². The molecule has 0 bridgehead atoms. The van der Waals surface area contributed by atoms with Crippen molar-refractivity contribution >= 4 is 17.5 Å². The molecule has 0 spiro atoms. The van der Waals surface area contributed by atoms with Crippen molar-refractivity contribution < 1.29 is 8.78 Å². The number of aromatic amines is 1. The van der Waals surface area contributed by atoms with Gasteiger partial charge in [0.25, 0.3) is 0 Å². The average Bonchev–Trinajstić information content (AvgIpc) is 3.11. The summed E-state index contributed by atoms with van der Waals surface area (Å²) in [7, 11) is 1.77. The van der Waals surface area contributed by atoms with Gasteiger partial charge in [-0.2, -0.15) is 5.10 Å². The molecule has 6 nitrogen and oxygen atoms in total. The zero-order valence-corrected chi connectivity index (χ0v) is 14.6. The summed E-state index contributed by atoms with van der Waals surface area (Å²) in [6.45, 7) is 0.490. The maximum Gasteiger partial charge on any atom is 0.181 e. The number of nitrogens with one attached hydrogen (secondary N) is 3. The number of rotatable bonds is 6. The zero-order valence-electron chi connectivity index (χ0n) is 14.6. The summed E-state index contributed by atoms with van der Waals surface area (Å²) >= 11 is 0. The Balaban J connectivity index is 1.92. The molecule has 1 aromatic heterocycles. The van der Waals surface area contributed by atoms with Crippen LogP contribution in [0.2, 0.25) is 0 Å². The highest BCUT2D eigenvalue weighted by atomic mass is 19.1. The molecule has 8 heteroatoms. The van der Waals surface area contributed by atoms with Crippen LogP contribution in [0.1, 0.15) is 17.0 Å². The Morgan fingerprint density at radius 2 is 2.11 bits per heavy atom. The smallest absolute Gasteiger partial charge is 0.181 e. The predicted octanol–water partition coefficient (Wildman–Crippen LogP) is 3.13. The predicted molar refractivity (Wildman–Crippen MR) is 101 cm³/mol. The van der Waals surface area contributed by atoms with E-state index < -0.39 is 5.82 Å². The molecule has 0 aliphatic carbocycles. The number of nitrogens with two attached hydrogens (primary N) is 1. The van der Waals surface area contributed by atoms with Crippen LogP contribution in [-0.2, 0) is 6.54 Å². The number of nitrogen functional groups attached to an aromatic ring is 1. The normalized spacial score (nSPS) is 11.2. The summed E-state index contributed by atoms with van der Waals surface area (Å²) < 4.78 is 27.5. The van der Waals surface area contributed by atoms with Gasteiger partial charge in [-0.05, 0) is 43.0 Å². The van der Waals surface area contributed by atoms with Crippen LogP contribution >= 0.6 is 0 Å². The molecule has 0 aliphatic rings. The Kier molecular flexibility index (Phi) is 5.37. The maximum absolute atomic E-state index is 14.3. The van der Waals surface area contributed by atoms with E-state index in [0.717, 1.165) is 0 Å². The summed E-state index contributed by atoms with van der Waals surface area (Å²) in [5.41, 5.74) is 6.85. The minimum Gasteiger partial charge on any atom is -0.396 e. The minimum atomic E-state index is -0.661. The molecule has 0 amide bonds. The molecule has 0 radical (unpaired) electrons. The van der Waals surface area contributed by atoms with Crippen molar-refractivity contribution in [3.8, 4) is 11.4 Å². The molecule has 0 unspecified atom stereocenters. The number of H-pyrrole nitrogens is 1. The lowest BCUT2D eigenvalue weighted by Gasteiger charge is -2.08. The molecule has 3 aromatic rings. The van der Waals surface area contributed by atoms with Gasteiger partial charge in [0.05, 0.1) is 17.9 Å². The molecule has 3 rings (SSSR count). The van der Waals surface area contributed by atoms with Crippen LogP contribution in [0.3, 0.4) is 0 Å². The molecule has 0 saturated heterocycles.